The number of benzene rings is 1. The number of halogens is 1. The van der Waals surface area contributed by atoms with Crippen LogP contribution in [0.15, 0.2) is 17.0 Å². The van der Waals surface area contributed by atoms with E-state index in [1.54, 1.807) is 13.0 Å². The van der Waals surface area contributed by atoms with E-state index in [0.29, 0.717) is 22.4 Å². The first-order valence-electron chi connectivity index (χ1n) is 5.08. The van der Waals surface area contributed by atoms with E-state index in [-0.39, 0.29) is 12.4 Å². The van der Waals surface area contributed by atoms with Gasteiger partial charge >= 0.3 is 5.97 Å². The summed E-state index contributed by atoms with van der Waals surface area (Å²) in [5.41, 5.74) is 2.20. The zero-order chi connectivity index (χ0) is 12.8. The fourth-order valence-corrected chi connectivity index (χ4v) is 2.14. The van der Waals surface area contributed by atoms with Crippen molar-refractivity contribution in [3.63, 3.8) is 0 Å². The average Bonchev–Trinajstić information content (AvgIpc) is 2.31. The van der Waals surface area contributed by atoms with Crippen molar-refractivity contribution < 1.29 is 9.53 Å². The molecule has 0 atom stereocenters. The number of nitriles is 1. The standard InChI is InChI=1S/C12H12BrNO2S/c1-2-16-12(15)5-8-3-9(6-13)10(7-14)4-11(8)17/h3-4,17H,2,5-6H2,1H3. The summed E-state index contributed by atoms with van der Waals surface area (Å²) in [6.45, 7) is 2.13. The molecule has 0 saturated heterocycles. The summed E-state index contributed by atoms with van der Waals surface area (Å²) < 4.78 is 4.88. The van der Waals surface area contributed by atoms with Crippen molar-refractivity contribution in [3.05, 3.63) is 28.8 Å². The number of ether oxygens (including phenoxy) is 1. The lowest BCUT2D eigenvalue weighted by molar-refractivity contribution is -0.142. The highest BCUT2D eigenvalue weighted by Crippen LogP contribution is 2.22. The smallest absolute Gasteiger partial charge is 0.310 e. The molecule has 0 amide bonds. The SMILES string of the molecule is CCOC(=O)Cc1cc(CBr)c(C#N)cc1S. The fraction of sp³-hybridized carbons (Fsp3) is 0.333. The third kappa shape index (κ3) is 3.76. The summed E-state index contributed by atoms with van der Waals surface area (Å²) in [7, 11) is 0. The van der Waals surface area contributed by atoms with E-state index in [1.165, 1.54) is 0 Å². The molecule has 90 valence electrons. The lowest BCUT2D eigenvalue weighted by Gasteiger charge is -2.08. The van der Waals surface area contributed by atoms with Crippen LogP contribution in [-0.4, -0.2) is 12.6 Å². The highest BCUT2D eigenvalue weighted by Gasteiger charge is 2.11. The van der Waals surface area contributed by atoms with Gasteiger partial charge in [0.25, 0.3) is 0 Å². The van der Waals surface area contributed by atoms with E-state index in [0.717, 1.165) is 11.1 Å². The predicted molar refractivity (Wildman–Crippen MR) is 71.4 cm³/mol. The molecular formula is C12H12BrNO2S. The third-order valence-electron chi connectivity index (χ3n) is 2.21. The summed E-state index contributed by atoms with van der Waals surface area (Å²) in [4.78, 5) is 12.0. The van der Waals surface area contributed by atoms with Crippen LogP contribution in [0, 0.1) is 11.3 Å². The number of carbonyl (C=O) groups is 1. The van der Waals surface area contributed by atoms with E-state index in [9.17, 15) is 4.79 Å². The predicted octanol–water partition coefficient (Wildman–Crippen LogP) is 2.85. The lowest BCUT2D eigenvalue weighted by atomic mass is 10.0. The summed E-state index contributed by atoms with van der Waals surface area (Å²) >= 11 is 7.59. The number of nitrogens with zero attached hydrogens (tertiary/aromatic N) is 1. The number of thiol groups is 1. The Hall–Kier alpha value is -0.990. The molecule has 0 saturated carbocycles. The quantitative estimate of drug-likeness (QED) is 0.528. The number of esters is 1. The molecule has 0 unspecified atom stereocenters. The number of carbonyl (C=O) groups excluding carboxylic acids is 1. The van der Waals surface area contributed by atoms with Crippen molar-refractivity contribution in [3.8, 4) is 6.07 Å². The van der Waals surface area contributed by atoms with Crippen molar-refractivity contribution in [1.29, 1.82) is 5.26 Å². The van der Waals surface area contributed by atoms with Gasteiger partial charge in [-0.25, -0.2) is 0 Å². The second-order valence-corrected chi connectivity index (χ2v) is 4.41. The van der Waals surface area contributed by atoms with E-state index >= 15 is 0 Å². The molecule has 0 radical (unpaired) electrons. The molecule has 1 aromatic carbocycles. The maximum absolute atomic E-state index is 11.4. The highest BCUT2D eigenvalue weighted by atomic mass is 79.9. The maximum atomic E-state index is 11.4. The molecule has 3 nitrogen and oxygen atoms in total. The monoisotopic (exact) mass is 313 g/mol. The molecule has 5 heteroatoms. The summed E-state index contributed by atoms with van der Waals surface area (Å²) in [6, 6.07) is 5.58. The first-order chi connectivity index (χ1) is 8.12. The molecule has 0 aliphatic heterocycles. The van der Waals surface area contributed by atoms with E-state index in [2.05, 4.69) is 34.6 Å². The lowest BCUT2D eigenvalue weighted by Crippen LogP contribution is -2.08. The molecule has 0 aliphatic rings. The van der Waals surface area contributed by atoms with Crippen LogP contribution in [0.1, 0.15) is 23.6 Å². The van der Waals surface area contributed by atoms with Crippen LogP contribution in [0.4, 0.5) is 0 Å². The van der Waals surface area contributed by atoms with Crippen LogP contribution < -0.4 is 0 Å². The van der Waals surface area contributed by atoms with Gasteiger partial charge in [-0.2, -0.15) is 5.26 Å². The summed E-state index contributed by atoms with van der Waals surface area (Å²) in [6.07, 6.45) is 0.179. The Morgan fingerprint density at radius 3 is 2.76 bits per heavy atom. The first-order valence-corrected chi connectivity index (χ1v) is 6.65. The van der Waals surface area contributed by atoms with E-state index in [1.807, 2.05) is 6.07 Å². The third-order valence-corrected chi connectivity index (χ3v) is 3.23. The second-order valence-electron chi connectivity index (χ2n) is 3.37. The number of alkyl halides is 1. The zero-order valence-electron chi connectivity index (χ0n) is 9.36. The Labute approximate surface area is 114 Å². The minimum atomic E-state index is -0.284. The summed E-state index contributed by atoms with van der Waals surface area (Å²) in [5.74, 6) is -0.284. The van der Waals surface area contributed by atoms with Gasteiger partial charge in [-0.1, -0.05) is 22.0 Å². The Morgan fingerprint density at radius 2 is 2.24 bits per heavy atom. The average molecular weight is 314 g/mol. The van der Waals surface area contributed by atoms with Crippen LogP contribution >= 0.6 is 28.6 Å². The Kier molecular flexibility index (Phi) is 5.52. The fourth-order valence-electron chi connectivity index (χ4n) is 1.41. The van der Waals surface area contributed by atoms with Crippen molar-refractivity contribution >= 4 is 34.5 Å². The molecular weight excluding hydrogens is 302 g/mol. The molecule has 0 spiro atoms. The van der Waals surface area contributed by atoms with Gasteiger partial charge in [0, 0.05) is 10.2 Å². The largest absolute Gasteiger partial charge is 0.466 e. The van der Waals surface area contributed by atoms with Crippen molar-refractivity contribution in [2.24, 2.45) is 0 Å². The van der Waals surface area contributed by atoms with Gasteiger partial charge in [-0.05, 0) is 24.1 Å². The normalized spacial score (nSPS) is 9.76. The minimum Gasteiger partial charge on any atom is -0.466 e. The van der Waals surface area contributed by atoms with Crippen LogP contribution in [0.3, 0.4) is 0 Å². The van der Waals surface area contributed by atoms with Crippen molar-refractivity contribution in [2.75, 3.05) is 6.61 Å². The van der Waals surface area contributed by atoms with Crippen LogP contribution in [0.25, 0.3) is 0 Å². The number of hydrogen-bond acceptors (Lipinski definition) is 4. The molecule has 0 fully saturated rings. The van der Waals surface area contributed by atoms with Gasteiger partial charge < -0.3 is 4.74 Å². The molecule has 0 aromatic heterocycles. The van der Waals surface area contributed by atoms with Crippen LogP contribution in [0.5, 0.6) is 0 Å². The number of hydrogen-bond donors (Lipinski definition) is 1. The maximum Gasteiger partial charge on any atom is 0.310 e. The van der Waals surface area contributed by atoms with Crippen LogP contribution in [-0.2, 0) is 21.3 Å². The molecule has 0 bridgehead atoms. The topological polar surface area (TPSA) is 50.1 Å². The second kappa shape index (κ2) is 6.67. The molecule has 0 heterocycles. The highest BCUT2D eigenvalue weighted by molar-refractivity contribution is 9.08. The van der Waals surface area contributed by atoms with Crippen molar-refractivity contribution in [1.82, 2.24) is 0 Å². The minimum absolute atomic E-state index is 0.179. The van der Waals surface area contributed by atoms with Crippen molar-refractivity contribution in [2.45, 2.75) is 23.6 Å². The van der Waals surface area contributed by atoms with E-state index < -0.39 is 0 Å². The van der Waals surface area contributed by atoms with Gasteiger partial charge in [-0.15, -0.1) is 12.6 Å². The molecule has 17 heavy (non-hydrogen) atoms. The van der Waals surface area contributed by atoms with Gasteiger partial charge in [0.1, 0.15) is 0 Å². The Morgan fingerprint density at radius 1 is 1.53 bits per heavy atom. The zero-order valence-corrected chi connectivity index (χ0v) is 11.8. The van der Waals surface area contributed by atoms with Gasteiger partial charge in [0.2, 0.25) is 0 Å². The number of rotatable bonds is 4. The summed E-state index contributed by atoms with van der Waals surface area (Å²) in [5, 5.41) is 9.50. The molecule has 0 N–H and O–H groups in total. The van der Waals surface area contributed by atoms with E-state index in [4.69, 9.17) is 10.00 Å². The molecule has 1 rings (SSSR count). The Bertz CT molecular complexity index is 468. The molecule has 1 aromatic rings. The molecule has 0 aliphatic carbocycles. The van der Waals surface area contributed by atoms with Crippen LogP contribution in [0.2, 0.25) is 0 Å². The van der Waals surface area contributed by atoms with Gasteiger partial charge in [0.15, 0.2) is 0 Å². The van der Waals surface area contributed by atoms with Gasteiger partial charge in [0.05, 0.1) is 24.7 Å². The Balaban J connectivity index is 3.01. The first kappa shape index (κ1) is 14.1. The van der Waals surface area contributed by atoms with Gasteiger partial charge in [-0.3, -0.25) is 4.79 Å².